The second-order valence-corrected chi connectivity index (χ2v) is 10.4. The van der Waals surface area contributed by atoms with Crippen LogP contribution in [0.5, 0.6) is 5.75 Å². The zero-order chi connectivity index (χ0) is 26.3. The summed E-state index contributed by atoms with van der Waals surface area (Å²) >= 11 is 0. The first-order valence-electron chi connectivity index (χ1n) is 12.3. The number of nitrogens with zero attached hydrogens (tertiary/aromatic N) is 6. The minimum Gasteiger partial charge on any atom is -0.434 e. The van der Waals surface area contributed by atoms with Crippen LogP contribution in [0.25, 0.3) is 16.6 Å². The van der Waals surface area contributed by atoms with Crippen molar-refractivity contribution in [2.24, 2.45) is 0 Å². The number of hydrogen-bond acceptors (Lipinski definition) is 7. The van der Waals surface area contributed by atoms with Crippen molar-refractivity contribution in [3.05, 3.63) is 77.1 Å². The Labute approximate surface area is 216 Å². The molecule has 0 radical (unpaired) electrons. The second kappa shape index (κ2) is 8.02. The molecule has 3 aromatic heterocycles. The third kappa shape index (κ3) is 3.28. The number of alkyl halides is 2. The van der Waals surface area contributed by atoms with Crippen LogP contribution in [-0.4, -0.2) is 74.2 Å². The van der Waals surface area contributed by atoms with E-state index >= 15 is 0 Å². The van der Waals surface area contributed by atoms with Gasteiger partial charge in [0.15, 0.2) is 5.82 Å². The Balaban J connectivity index is 1.34. The molecule has 0 saturated carbocycles. The number of carbonyl (C=O) groups excluding carboxylic acids is 1. The van der Waals surface area contributed by atoms with Gasteiger partial charge in [0.1, 0.15) is 11.4 Å². The number of hydrogen-bond donors (Lipinski definition) is 1. The Hall–Kier alpha value is -3.96. The highest BCUT2D eigenvalue weighted by Gasteiger charge is 2.46. The number of β-amino-alcohol motifs (C(OH)–C–C–N with tert-alkyl or cyclic N) is 1. The van der Waals surface area contributed by atoms with Crippen molar-refractivity contribution in [3.8, 4) is 16.9 Å². The minimum absolute atomic E-state index is 0.0109. The number of halogens is 2. The summed E-state index contributed by atoms with van der Waals surface area (Å²) in [5.74, 6) is -0.180. The summed E-state index contributed by atoms with van der Waals surface area (Å²) in [4.78, 5) is 25.8. The molecule has 5 heterocycles. The predicted molar refractivity (Wildman–Crippen MR) is 132 cm³/mol. The number of likely N-dealkylation sites (N-methyl/N-ethyl adjacent to an activating group) is 1. The molecule has 4 aromatic rings. The average Bonchev–Trinajstić information content (AvgIpc) is 3.40. The number of amides is 1. The number of rotatable bonds is 4. The molecule has 1 saturated heterocycles. The summed E-state index contributed by atoms with van der Waals surface area (Å²) in [7, 11) is 3.64. The normalized spacial score (nSPS) is 21.8. The maximum absolute atomic E-state index is 13.3. The van der Waals surface area contributed by atoms with Gasteiger partial charge in [-0.25, -0.2) is 14.5 Å². The van der Waals surface area contributed by atoms with Crippen LogP contribution in [0, 0.1) is 0 Å². The van der Waals surface area contributed by atoms with Crippen LogP contribution in [0.4, 0.5) is 8.78 Å². The van der Waals surface area contributed by atoms with E-state index in [1.165, 1.54) is 6.07 Å². The predicted octanol–water partition coefficient (Wildman–Crippen LogP) is 3.19. The molecule has 2 aliphatic heterocycles. The van der Waals surface area contributed by atoms with E-state index in [1.807, 2.05) is 30.3 Å². The van der Waals surface area contributed by atoms with E-state index in [1.54, 1.807) is 41.0 Å². The van der Waals surface area contributed by atoms with Gasteiger partial charge in [-0.2, -0.15) is 13.9 Å². The Bertz CT molecular complexity index is 1600. The lowest BCUT2D eigenvalue weighted by atomic mass is 9.88. The molecule has 1 amide bonds. The first-order chi connectivity index (χ1) is 18.2. The van der Waals surface area contributed by atoms with Crippen molar-refractivity contribution in [2.45, 2.75) is 30.6 Å². The van der Waals surface area contributed by atoms with E-state index in [9.17, 15) is 18.7 Å². The highest BCUT2D eigenvalue weighted by Crippen LogP contribution is 2.53. The zero-order valence-corrected chi connectivity index (χ0v) is 20.7. The molecule has 2 bridgehead atoms. The van der Waals surface area contributed by atoms with Crippen LogP contribution in [0.15, 0.2) is 48.9 Å². The van der Waals surface area contributed by atoms with Crippen molar-refractivity contribution in [3.63, 3.8) is 0 Å². The van der Waals surface area contributed by atoms with Gasteiger partial charge in [-0.3, -0.25) is 9.69 Å². The number of aromatic nitrogens is 4. The lowest BCUT2D eigenvalue weighted by Gasteiger charge is -2.42. The molecule has 2 unspecified atom stereocenters. The van der Waals surface area contributed by atoms with Crippen molar-refractivity contribution in [1.82, 2.24) is 29.4 Å². The minimum atomic E-state index is -3.01. The number of fused-ring (bicyclic) bond motifs is 9. The third-order valence-electron chi connectivity index (χ3n) is 7.94. The summed E-state index contributed by atoms with van der Waals surface area (Å²) in [5, 5.41) is 15.5. The van der Waals surface area contributed by atoms with Gasteiger partial charge in [0.2, 0.25) is 0 Å². The second-order valence-electron chi connectivity index (χ2n) is 10.4. The fourth-order valence-electron chi connectivity index (χ4n) is 6.25. The van der Waals surface area contributed by atoms with E-state index < -0.39 is 12.2 Å². The molecule has 2 atom stereocenters. The summed E-state index contributed by atoms with van der Waals surface area (Å²) < 4.78 is 33.3. The fraction of sp³-hybridized carbons (Fsp3) is 0.333. The zero-order valence-electron chi connectivity index (χ0n) is 20.7. The lowest BCUT2D eigenvalue weighted by molar-refractivity contribution is -0.0981. The van der Waals surface area contributed by atoms with Crippen LogP contribution in [-0.2, 0) is 5.60 Å². The van der Waals surface area contributed by atoms with Gasteiger partial charge in [0.25, 0.3) is 5.91 Å². The molecule has 0 spiro atoms. The number of benzene rings is 1. The van der Waals surface area contributed by atoms with Crippen molar-refractivity contribution in [2.75, 3.05) is 27.2 Å². The lowest BCUT2D eigenvalue weighted by Crippen LogP contribution is -2.58. The number of likely N-dealkylation sites (tertiary alicyclic amines) is 1. The highest BCUT2D eigenvalue weighted by molar-refractivity contribution is 5.98. The number of pyridine rings is 1. The molecule has 1 aromatic carbocycles. The molecule has 1 N–H and O–H groups in total. The summed E-state index contributed by atoms with van der Waals surface area (Å²) in [6.07, 6.45) is 5.76. The molecule has 1 fully saturated rings. The van der Waals surface area contributed by atoms with E-state index in [0.717, 1.165) is 27.9 Å². The molecule has 7 rings (SSSR count). The van der Waals surface area contributed by atoms with E-state index in [4.69, 9.17) is 9.84 Å². The molecule has 194 valence electrons. The van der Waals surface area contributed by atoms with Crippen molar-refractivity contribution >= 4 is 11.4 Å². The van der Waals surface area contributed by atoms with Crippen molar-refractivity contribution in [1.29, 1.82) is 0 Å². The summed E-state index contributed by atoms with van der Waals surface area (Å²) in [6, 6.07) is 8.30. The Morgan fingerprint density at radius 2 is 1.87 bits per heavy atom. The Morgan fingerprint density at radius 3 is 2.58 bits per heavy atom. The summed E-state index contributed by atoms with van der Waals surface area (Å²) in [6.45, 7) is -2.04. The molecule has 11 heteroatoms. The standard InChI is InChI=1S/C27H24F2N6O3/c1-33-12-27(37,13-33)25-30-10-15(11-31-25)14-6-7-35-18(8-14)22-17-9-19(23(22)32-35)34(2)24(36)16-4-3-5-20(21(16)17)38-26(28)29/h3-8,10-11,17,19,26,37H,9,12-13H2,1-2H3. The molecule has 9 nitrogen and oxygen atoms in total. The van der Waals surface area contributed by atoms with Crippen LogP contribution < -0.4 is 4.74 Å². The van der Waals surface area contributed by atoms with Crippen molar-refractivity contribution < 1.29 is 23.4 Å². The van der Waals surface area contributed by atoms with Crippen LogP contribution in [0.3, 0.4) is 0 Å². The Kier molecular flexibility index (Phi) is 4.89. The molecule has 3 aliphatic rings. The van der Waals surface area contributed by atoms with Gasteiger partial charge >= 0.3 is 6.61 Å². The molecule has 1 aliphatic carbocycles. The van der Waals surface area contributed by atoms with Gasteiger partial charge in [-0.05, 0) is 43.3 Å². The van der Waals surface area contributed by atoms with Gasteiger partial charge in [0.05, 0.1) is 17.3 Å². The number of carbonyl (C=O) groups is 1. The monoisotopic (exact) mass is 518 g/mol. The van der Waals surface area contributed by atoms with Crippen LogP contribution >= 0.6 is 0 Å². The number of aliphatic hydroxyl groups is 1. The van der Waals surface area contributed by atoms with E-state index in [2.05, 4.69) is 9.97 Å². The van der Waals surface area contributed by atoms with Gasteiger partial charge < -0.3 is 14.7 Å². The van der Waals surface area contributed by atoms with Gasteiger partial charge in [0, 0.05) is 66.9 Å². The smallest absolute Gasteiger partial charge is 0.387 e. The number of ether oxygens (including phenoxy) is 1. The molecular weight excluding hydrogens is 494 g/mol. The first kappa shape index (κ1) is 23.2. The largest absolute Gasteiger partial charge is 0.434 e. The fourth-order valence-corrected chi connectivity index (χ4v) is 6.25. The van der Waals surface area contributed by atoms with Crippen LogP contribution in [0.1, 0.15) is 51.4 Å². The van der Waals surface area contributed by atoms with E-state index in [0.29, 0.717) is 36.5 Å². The third-order valence-corrected chi connectivity index (χ3v) is 7.94. The molecular formula is C27H24F2N6O3. The SMILES string of the molecule is CN1CC(O)(c2ncc(-c3ccn4nc5c(c4c3)C3CC5N(C)C(=O)c4cccc(OC(F)F)c43)cn2)C1. The van der Waals surface area contributed by atoms with Gasteiger partial charge in [-0.1, -0.05) is 6.07 Å². The van der Waals surface area contributed by atoms with E-state index in [-0.39, 0.29) is 23.6 Å². The quantitative estimate of drug-likeness (QED) is 0.443. The van der Waals surface area contributed by atoms with Gasteiger partial charge in [-0.15, -0.1) is 0 Å². The summed E-state index contributed by atoms with van der Waals surface area (Å²) in [5.41, 5.74) is 3.89. The average molecular weight is 519 g/mol. The molecule has 38 heavy (non-hydrogen) atoms. The van der Waals surface area contributed by atoms with Crippen LogP contribution in [0.2, 0.25) is 0 Å². The Morgan fingerprint density at radius 1 is 1.11 bits per heavy atom. The maximum atomic E-state index is 13.3. The maximum Gasteiger partial charge on any atom is 0.387 e. The highest BCUT2D eigenvalue weighted by atomic mass is 19.3. The topological polar surface area (TPSA) is 96.1 Å². The first-order valence-corrected chi connectivity index (χ1v) is 12.3.